The Morgan fingerprint density at radius 1 is 0.976 bits per heavy atom. The van der Waals surface area contributed by atoms with Gasteiger partial charge in [0.05, 0.1) is 11.3 Å². The third kappa shape index (κ3) is 5.35. The highest BCUT2D eigenvalue weighted by atomic mass is 19.1. The maximum atomic E-state index is 15.4. The van der Waals surface area contributed by atoms with Crippen LogP contribution in [0, 0.1) is 17.5 Å². The van der Waals surface area contributed by atoms with Gasteiger partial charge in [0.15, 0.2) is 17.3 Å². The molecule has 0 saturated heterocycles. The number of ketones is 1. The molecule has 10 heteroatoms. The number of nitrogens with two attached hydrogens (primary N) is 1. The van der Waals surface area contributed by atoms with Crippen LogP contribution in [0.5, 0.6) is 11.5 Å². The normalized spacial score (nSPS) is 17.6. The van der Waals surface area contributed by atoms with E-state index in [-0.39, 0.29) is 53.1 Å². The Morgan fingerprint density at radius 2 is 1.83 bits per heavy atom. The number of nitrogens with zero attached hydrogens (tertiary/aromatic N) is 1. The summed E-state index contributed by atoms with van der Waals surface area (Å²) in [7, 11) is 0. The lowest BCUT2D eigenvalue weighted by molar-refractivity contribution is -0.115. The van der Waals surface area contributed by atoms with Crippen molar-refractivity contribution in [1.82, 2.24) is 20.3 Å². The topological polar surface area (TPSA) is 109 Å². The number of aromatic nitrogens is 3. The zero-order valence-electron chi connectivity index (χ0n) is 22.5. The van der Waals surface area contributed by atoms with E-state index in [9.17, 15) is 9.18 Å². The predicted molar refractivity (Wildman–Crippen MR) is 153 cm³/mol. The Balaban J connectivity index is 1.45. The van der Waals surface area contributed by atoms with Crippen molar-refractivity contribution >= 4 is 16.7 Å². The number of fused-ring (bicyclic) bond motifs is 8. The van der Waals surface area contributed by atoms with Crippen molar-refractivity contribution in [2.24, 2.45) is 5.73 Å². The highest BCUT2D eigenvalue weighted by molar-refractivity contribution is 5.94. The molecular formula is C32H28F3N5O2. The Morgan fingerprint density at radius 3 is 2.69 bits per heavy atom. The van der Waals surface area contributed by atoms with Crippen LogP contribution in [0.4, 0.5) is 13.2 Å². The zero-order chi connectivity index (χ0) is 29.2. The zero-order valence-corrected chi connectivity index (χ0v) is 22.5. The number of carbonyl (C=O) groups excluding carboxylic acids is 1. The van der Waals surface area contributed by atoms with E-state index < -0.39 is 17.6 Å². The van der Waals surface area contributed by atoms with Crippen molar-refractivity contribution in [3.63, 3.8) is 0 Å². The summed E-state index contributed by atoms with van der Waals surface area (Å²) < 4.78 is 51.4. The minimum absolute atomic E-state index is 0.0455. The summed E-state index contributed by atoms with van der Waals surface area (Å²) in [5.74, 6) is -1.84. The quantitative estimate of drug-likeness (QED) is 0.174. The van der Waals surface area contributed by atoms with E-state index in [4.69, 9.17) is 10.5 Å². The monoisotopic (exact) mass is 571 g/mol. The molecule has 1 atom stereocenters. The Labute approximate surface area is 239 Å². The average Bonchev–Trinajstić information content (AvgIpc) is 3.65. The number of H-pyrrole nitrogens is 2. The number of rotatable bonds is 1. The lowest BCUT2D eigenvalue weighted by atomic mass is 9.90. The summed E-state index contributed by atoms with van der Waals surface area (Å²) in [4.78, 5) is 23.3. The number of imidazole rings is 1. The van der Waals surface area contributed by atoms with Crippen LogP contribution in [0.1, 0.15) is 48.4 Å². The van der Waals surface area contributed by atoms with E-state index in [1.165, 1.54) is 36.5 Å². The van der Waals surface area contributed by atoms with Crippen molar-refractivity contribution in [1.29, 1.82) is 0 Å². The molecule has 214 valence electrons. The average molecular weight is 572 g/mol. The van der Waals surface area contributed by atoms with Gasteiger partial charge in [-0.25, -0.2) is 18.2 Å². The summed E-state index contributed by atoms with van der Waals surface area (Å²) in [6.07, 6.45) is 6.52. The fourth-order valence-corrected chi connectivity index (χ4v) is 5.38. The van der Waals surface area contributed by atoms with E-state index in [2.05, 4.69) is 20.3 Å². The molecule has 0 saturated carbocycles. The minimum atomic E-state index is -0.625. The number of ether oxygens (including phenoxy) is 1. The number of allylic oxidation sites excluding steroid dienone is 1. The fraction of sp³-hybridized carbons (Fsp3) is 0.188. The van der Waals surface area contributed by atoms with Gasteiger partial charge >= 0.3 is 0 Å². The van der Waals surface area contributed by atoms with Crippen molar-refractivity contribution in [2.75, 3.05) is 0 Å². The van der Waals surface area contributed by atoms with Gasteiger partial charge in [0.1, 0.15) is 23.2 Å². The van der Waals surface area contributed by atoms with Crippen LogP contribution in [-0.4, -0.2) is 20.7 Å². The van der Waals surface area contributed by atoms with Crippen molar-refractivity contribution in [3.05, 3.63) is 113 Å². The molecule has 6 rings (SSSR count). The summed E-state index contributed by atoms with van der Waals surface area (Å²) in [5, 5.41) is 3.72. The van der Waals surface area contributed by atoms with Gasteiger partial charge in [-0.05, 0) is 48.7 Å². The fourth-order valence-electron chi connectivity index (χ4n) is 5.38. The minimum Gasteiger partial charge on any atom is -0.454 e. The van der Waals surface area contributed by atoms with E-state index in [0.717, 1.165) is 0 Å². The number of halogens is 3. The van der Waals surface area contributed by atoms with Gasteiger partial charge in [0.2, 0.25) is 0 Å². The van der Waals surface area contributed by atoms with Gasteiger partial charge in [-0.15, -0.1) is 0 Å². The summed E-state index contributed by atoms with van der Waals surface area (Å²) in [5.41, 5.74) is 8.33. The molecular weight excluding hydrogens is 543 g/mol. The van der Waals surface area contributed by atoms with Crippen LogP contribution >= 0.6 is 0 Å². The van der Waals surface area contributed by atoms with E-state index in [1.807, 2.05) is 0 Å². The largest absolute Gasteiger partial charge is 0.454 e. The van der Waals surface area contributed by atoms with Crippen LogP contribution in [0.2, 0.25) is 0 Å². The molecule has 42 heavy (non-hydrogen) atoms. The van der Waals surface area contributed by atoms with Crippen molar-refractivity contribution < 1.29 is 22.7 Å². The Bertz CT molecular complexity index is 1810. The molecule has 1 aliphatic heterocycles. The lowest BCUT2D eigenvalue weighted by Crippen LogP contribution is -2.17. The lowest BCUT2D eigenvalue weighted by Gasteiger charge is -2.17. The van der Waals surface area contributed by atoms with Gasteiger partial charge < -0.3 is 25.8 Å². The van der Waals surface area contributed by atoms with Crippen LogP contribution < -0.4 is 15.8 Å². The third-order valence-corrected chi connectivity index (χ3v) is 7.54. The number of benzene rings is 3. The van der Waals surface area contributed by atoms with Crippen LogP contribution in [0.15, 0.2) is 78.9 Å². The first-order valence-corrected chi connectivity index (χ1v) is 13.7. The second-order valence-electron chi connectivity index (χ2n) is 10.3. The second kappa shape index (κ2) is 11.5. The van der Waals surface area contributed by atoms with Crippen LogP contribution in [-0.2, 0) is 11.3 Å². The molecule has 2 aromatic heterocycles. The molecule has 3 aromatic carbocycles. The molecule has 0 spiro atoms. The maximum Gasteiger partial charge on any atom is 0.179 e. The second-order valence-corrected chi connectivity index (χ2v) is 10.3. The number of aromatic amines is 2. The SMILES string of the molecule is N/C1=C\NCc2c(c(F)cc3[nH]ccc23)Oc2ccc(F)c(c2)-c2ncc([nH]2)C(c2ccccc2F)CCCCC1=O. The van der Waals surface area contributed by atoms with Gasteiger partial charge in [-0.1, -0.05) is 24.6 Å². The van der Waals surface area contributed by atoms with Crippen LogP contribution in [0.25, 0.3) is 22.3 Å². The molecule has 1 aliphatic rings. The first-order chi connectivity index (χ1) is 20.4. The van der Waals surface area contributed by atoms with Crippen molar-refractivity contribution in [3.8, 4) is 22.9 Å². The number of hydrogen-bond donors (Lipinski definition) is 4. The summed E-state index contributed by atoms with van der Waals surface area (Å²) in [6, 6.07) is 13.7. The van der Waals surface area contributed by atoms with Crippen molar-refractivity contribution in [2.45, 2.75) is 38.1 Å². The molecule has 4 bridgehead atoms. The van der Waals surface area contributed by atoms with Gasteiger partial charge in [0, 0.05) is 65.7 Å². The van der Waals surface area contributed by atoms with Gasteiger partial charge in [-0.3, -0.25) is 4.79 Å². The molecule has 7 nitrogen and oxygen atoms in total. The standard InChI is InChI=1S/C32H28F3N5O2/c33-24-7-3-1-5-19(24)20-6-2-4-8-30(41)27(36)16-37-15-23-21-11-12-38-28(21)14-26(35)31(23)42-18-9-10-25(34)22(13-18)32-39-17-29(20)40-32/h1,3,5,7,9-14,16-17,20,37-38H,2,4,6,8,15,36H2,(H,39,40)/b27-16-. The third-order valence-electron chi connectivity index (χ3n) is 7.54. The van der Waals surface area contributed by atoms with E-state index in [1.54, 1.807) is 36.7 Å². The molecule has 1 unspecified atom stereocenters. The number of carbonyl (C=O) groups is 1. The molecule has 0 amide bonds. The number of Topliss-reactive ketones (excluding diaryl/α,β-unsaturated/α-hetero) is 1. The summed E-state index contributed by atoms with van der Waals surface area (Å²) in [6.45, 7) is 0.106. The smallest absolute Gasteiger partial charge is 0.179 e. The predicted octanol–water partition coefficient (Wildman–Crippen LogP) is 6.93. The molecule has 0 radical (unpaired) electrons. The van der Waals surface area contributed by atoms with Gasteiger partial charge in [0.25, 0.3) is 0 Å². The summed E-state index contributed by atoms with van der Waals surface area (Å²) >= 11 is 0. The highest BCUT2D eigenvalue weighted by Crippen LogP contribution is 2.37. The molecule has 5 aromatic rings. The first kappa shape index (κ1) is 27.2. The van der Waals surface area contributed by atoms with Gasteiger partial charge in [-0.2, -0.15) is 0 Å². The highest BCUT2D eigenvalue weighted by Gasteiger charge is 2.23. The maximum absolute atomic E-state index is 15.4. The van der Waals surface area contributed by atoms with E-state index >= 15 is 8.78 Å². The number of hydrogen-bond acceptors (Lipinski definition) is 5. The Hall–Kier alpha value is -4.99. The molecule has 0 fully saturated rings. The number of nitrogens with one attached hydrogen (secondary N) is 3. The Kier molecular flexibility index (Phi) is 7.43. The first-order valence-electron chi connectivity index (χ1n) is 13.7. The van der Waals surface area contributed by atoms with Crippen LogP contribution in [0.3, 0.4) is 0 Å². The van der Waals surface area contributed by atoms with E-state index in [0.29, 0.717) is 47.0 Å². The molecule has 0 aliphatic carbocycles. The molecule has 5 N–H and O–H groups in total. The molecule has 3 heterocycles.